The summed E-state index contributed by atoms with van der Waals surface area (Å²) < 4.78 is 19.3. The molecule has 0 bridgehead atoms. The van der Waals surface area contributed by atoms with Gasteiger partial charge < -0.3 is 15.4 Å². The summed E-state index contributed by atoms with van der Waals surface area (Å²) >= 11 is 0. The second kappa shape index (κ2) is 8.21. The summed E-state index contributed by atoms with van der Waals surface area (Å²) in [6.45, 7) is 5.32. The fourth-order valence-corrected chi connectivity index (χ4v) is 3.08. The number of hydrogen-bond acceptors (Lipinski definition) is 2. The number of aliphatic imine (C=N–C) groups is 1. The van der Waals surface area contributed by atoms with Crippen LogP contribution in [0.5, 0.6) is 5.75 Å². The first-order chi connectivity index (χ1) is 12.6. The molecule has 0 spiro atoms. The lowest BCUT2D eigenvalue weighted by Crippen LogP contribution is -2.39. The summed E-state index contributed by atoms with van der Waals surface area (Å²) in [5, 5.41) is 6.64. The topological polar surface area (TPSA) is 45.7 Å². The van der Waals surface area contributed by atoms with Crippen molar-refractivity contribution in [3.05, 3.63) is 64.5 Å². The number of fused-ring (bicyclic) bond motifs is 1. The highest BCUT2D eigenvalue weighted by molar-refractivity contribution is 5.80. The van der Waals surface area contributed by atoms with Gasteiger partial charge in [-0.2, -0.15) is 0 Å². The van der Waals surface area contributed by atoms with Crippen LogP contribution in [0, 0.1) is 12.7 Å². The summed E-state index contributed by atoms with van der Waals surface area (Å²) in [7, 11) is 1.74. The summed E-state index contributed by atoms with van der Waals surface area (Å²) in [6, 6.07) is 11.7. The van der Waals surface area contributed by atoms with Crippen molar-refractivity contribution in [1.29, 1.82) is 0 Å². The van der Waals surface area contributed by atoms with Gasteiger partial charge in [-0.25, -0.2) is 4.39 Å². The maximum absolute atomic E-state index is 13.8. The Hall–Kier alpha value is -2.56. The smallest absolute Gasteiger partial charge is 0.191 e. The number of hydrogen-bond donors (Lipinski definition) is 2. The zero-order chi connectivity index (χ0) is 18.5. The van der Waals surface area contributed by atoms with Crippen molar-refractivity contribution < 1.29 is 9.13 Å². The molecule has 0 saturated heterocycles. The van der Waals surface area contributed by atoms with Gasteiger partial charge in [0.15, 0.2) is 5.96 Å². The lowest BCUT2D eigenvalue weighted by atomic mass is 10.1. The van der Waals surface area contributed by atoms with E-state index in [-0.39, 0.29) is 11.9 Å². The highest BCUT2D eigenvalue weighted by Crippen LogP contribution is 2.25. The Morgan fingerprint density at radius 2 is 2.12 bits per heavy atom. The Bertz CT molecular complexity index is 804. The highest BCUT2D eigenvalue weighted by Gasteiger charge is 2.12. The molecule has 1 heterocycles. The van der Waals surface area contributed by atoms with E-state index in [9.17, 15) is 4.39 Å². The maximum atomic E-state index is 13.8. The number of benzene rings is 2. The van der Waals surface area contributed by atoms with Crippen molar-refractivity contribution in [2.45, 2.75) is 32.7 Å². The fraction of sp³-hybridized carbons (Fsp3) is 0.381. The Labute approximate surface area is 154 Å². The van der Waals surface area contributed by atoms with Gasteiger partial charge in [-0.15, -0.1) is 0 Å². The first-order valence-corrected chi connectivity index (χ1v) is 9.04. The second-order valence-electron chi connectivity index (χ2n) is 6.66. The SMILES string of the molecule is CN=C(NCCc1ccc2c(c1)CCO2)NC(C)c1ccc(C)c(F)c1. The summed E-state index contributed by atoms with van der Waals surface area (Å²) in [4.78, 5) is 4.26. The molecule has 1 atom stereocenters. The molecule has 0 radical (unpaired) electrons. The Morgan fingerprint density at radius 3 is 2.88 bits per heavy atom. The lowest BCUT2D eigenvalue weighted by molar-refractivity contribution is 0.357. The van der Waals surface area contributed by atoms with Crippen LogP contribution in [0.2, 0.25) is 0 Å². The number of guanidine groups is 1. The van der Waals surface area contributed by atoms with Gasteiger partial charge in [-0.05, 0) is 54.7 Å². The summed E-state index contributed by atoms with van der Waals surface area (Å²) in [5.74, 6) is 1.54. The third-order valence-electron chi connectivity index (χ3n) is 4.73. The molecule has 0 aliphatic carbocycles. The minimum atomic E-state index is -0.181. The second-order valence-corrected chi connectivity index (χ2v) is 6.66. The van der Waals surface area contributed by atoms with Gasteiger partial charge in [0.1, 0.15) is 11.6 Å². The van der Waals surface area contributed by atoms with E-state index in [1.807, 2.05) is 13.0 Å². The van der Waals surface area contributed by atoms with Gasteiger partial charge in [0.25, 0.3) is 0 Å². The molecular formula is C21H26FN3O. The minimum absolute atomic E-state index is 0.0338. The minimum Gasteiger partial charge on any atom is -0.493 e. The largest absolute Gasteiger partial charge is 0.493 e. The average Bonchev–Trinajstić information content (AvgIpc) is 3.10. The third-order valence-corrected chi connectivity index (χ3v) is 4.73. The monoisotopic (exact) mass is 355 g/mol. The van der Waals surface area contributed by atoms with Gasteiger partial charge in [0.05, 0.1) is 12.6 Å². The van der Waals surface area contributed by atoms with E-state index >= 15 is 0 Å². The van der Waals surface area contributed by atoms with Crippen molar-refractivity contribution in [1.82, 2.24) is 10.6 Å². The van der Waals surface area contributed by atoms with Crippen molar-refractivity contribution >= 4 is 5.96 Å². The number of nitrogens with one attached hydrogen (secondary N) is 2. The molecule has 1 unspecified atom stereocenters. The first-order valence-electron chi connectivity index (χ1n) is 9.04. The fourth-order valence-electron chi connectivity index (χ4n) is 3.08. The molecular weight excluding hydrogens is 329 g/mol. The van der Waals surface area contributed by atoms with Crippen LogP contribution in [0.15, 0.2) is 41.4 Å². The molecule has 0 amide bonds. The molecule has 3 rings (SSSR count). The van der Waals surface area contributed by atoms with E-state index in [1.165, 1.54) is 11.1 Å². The molecule has 0 fully saturated rings. The average molecular weight is 355 g/mol. The van der Waals surface area contributed by atoms with E-state index in [1.54, 1.807) is 26.1 Å². The van der Waals surface area contributed by atoms with Crippen molar-refractivity contribution in [3.63, 3.8) is 0 Å². The van der Waals surface area contributed by atoms with Crippen LogP contribution in [0.3, 0.4) is 0 Å². The Balaban J connectivity index is 1.52. The summed E-state index contributed by atoms with van der Waals surface area (Å²) in [5.41, 5.74) is 4.13. The Kier molecular flexibility index (Phi) is 5.76. The van der Waals surface area contributed by atoms with E-state index in [2.05, 4.69) is 33.8 Å². The van der Waals surface area contributed by atoms with E-state index in [0.717, 1.165) is 37.3 Å². The van der Waals surface area contributed by atoms with Crippen LogP contribution in [-0.2, 0) is 12.8 Å². The molecule has 1 aliphatic rings. The molecule has 0 saturated carbocycles. The number of nitrogens with zero attached hydrogens (tertiary/aromatic N) is 1. The molecule has 1 aliphatic heterocycles. The van der Waals surface area contributed by atoms with Gasteiger partial charge in [-0.3, -0.25) is 4.99 Å². The standard InChI is InChI=1S/C21H26FN3O/c1-14-4-6-17(13-19(14)22)15(2)25-21(23-3)24-10-8-16-5-7-20-18(12-16)9-11-26-20/h4-7,12-13,15H,8-11H2,1-3H3,(H2,23,24,25). The molecule has 2 N–H and O–H groups in total. The molecule has 4 nitrogen and oxygen atoms in total. The predicted molar refractivity (Wildman–Crippen MR) is 103 cm³/mol. The van der Waals surface area contributed by atoms with Crippen LogP contribution in [0.4, 0.5) is 4.39 Å². The third kappa shape index (κ3) is 4.34. The zero-order valence-electron chi connectivity index (χ0n) is 15.6. The lowest BCUT2D eigenvalue weighted by Gasteiger charge is -2.19. The Morgan fingerprint density at radius 1 is 1.27 bits per heavy atom. The number of ether oxygens (including phenoxy) is 1. The van der Waals surface area contributed by atoms with Crippen LogP contribution in [0.25, 0.3) is 0 Å². The maximum Gasteiger partial charge on any atom is 0.191 e. The zero-order valence-corrected chi connectivity index (χ0v) is 15.6. The van der Waals surface area contributed by atoms with Gasteiger partial charge >= 0.3 is 0 Å². The van der Waals surface area contributed by atoms with Crippen LogP contribution in [-0.4, -0.2) is 26.2 Å². The van der Waals surface area contributed by atoms with Crippen molar-refractivity contribution in [2.24, 2.45) is 4.99 Å². The molecule has 2 aromatic rings. The quantitative estimate of drug-likeness (QED) is 0.637. The van der Waals surface area contributed by atoms with Crippen molar-refractivity contribution in [2.75, 3.05) is 20.2 Å². The van der Waals surface area contributed by atoms with E-state index in [0.29, 0.717) is 11.5 Å². The first kappa shape index (κ1) is 18.2. The van der Waals surface area contributed by atoms with Gasteiger partial charge in [0.2, 0.25) is 0 Å². The van der Waals surface area contributed by atoms with Gasteiger partial charge in [-0.1, -0.05) is 24.3 Å². The predicted octanol–water partition coefficient (Wildman–Crippen LogP) is 3.54. The van der Waals surface area contributed by atoms with Crippen LogP contribution in [0.1, 0.15) is 35.2 Å². The van der Waals surface area contributed by atoms with Crippen LogP contribution >= 0.6 is 0 Å². The van der Waals surface area contributed by atoms with Gasteiger partial charge in [0, 0.05) is 20.0 Å². The van der Waals surface area contributed by atoms with Crippen molar-refractivity contribution in [3.8, 4) is 5.75 Å². The highest BCUT2D eigenvalue weighted by atomic mass is 19.1. The van der Waals surface area contributed by atoms with E-state index < -0.39 is 0 Å². The molecule has 26 heavy (non-hydrogen) atoms. The molecule has 0 aromatic heterocycles. The van der Waals surface area contributed by atoms with E-state index in [4.69, 9.17) is 4.74 Å². The summed E-state index contributed by atoms with van der Waals surface area (Å²) in [6.07, 6.45) is 1.89. The molecule has 138 valence electrons. The normalized spacial score (nSPS) is 14.5. The molecule has 5 heteroatoms. The number of aryl methyl sites for hydroxylation is 1. The number of halogens is 1. The molecule has 2 aromatic carbocycles. The van der Waals surface area contributed by atoms with Crippen LogP contribution < -0.4 is 15.4 Å². The number of rotatable bonds is 5.